The van der Waals surface area contributed by atoms with Gasteiger partial charge >= 0.3 is 5.97 Å². The Morgan fingerprint density at radius 3 is 2.51 bits per heavy atom. The molecule has 1 amide bonds. The van der Waals surface area contributed by atoms with Crippen LogP contribution in [0.4, 0.5) is 21.6 Å². The van der Waals surface area contributed by atoms with Gasteiger partial charge in [-0.15, -0.1) is 5.10 Å². The second-order valence-corrected chi connectivity index (χ2v) is 10.2. The largest absolute Gasteiger partial charge is 0.463 e. The van der Waals surface area contributed by atoms with E-state index in [0.717, 1.165) is 50.4 Å². The zero-order valence-electron chi connectivity index (χ0n) is 21.0. The fraction of sp³-hybridized carbons (Fsp3) is 0.500. The van der Waals surface area contributed by atoms with Gasteiger partial charge in [0.1, 0.15) is 5.82 Å². The van der Waals surface area contributed by atoms with Gasteiger partial charge in [-0.1, -0.05) is 0 Å². The van der Waals surface area contributed by atoms with Crippen molar-refractivity contribution in [3.63, 3.8) is 0 Å². The lowest BCUT2D eigenvalue weighted by Crippen LogP contribution is -2.28. The van der Waals surface area contributed by atoms with Crippen LogP contribution in [0, 0.1) is 11.7 Å². The van der Waals surface area contributed by atoms with Gasteiger partial charge in [-0.2, -0.15) is 0 Å². The first-order valence-electron chi connectivity index (χ1n) is 12.9. The number of fused-ring (bicyclic) bond motifs is 1. The maximum Gasteiger partial charge on any atom is 0.306 e. The second-order valence-electron chi connectivity index (χ2n) is 10.2. The molecule has 0 spiro atoms. The highest BCUT2D eigenvalue weighted by Gasteiger charge is 2.27. The first kappa shape index (κ1) is 24.9. The summed E-state index contributed by atoms with van der Waals surface area (Å²) in [4.78, 5) is 33.2. The molecule has 10 nitrogen and oxygen atoms in total. The van der Waals surface area contributed by atoms with Crippen molar-refractivity contribution in [2.24, 2.45) is 5.92 Å². The van der Waals surface area contributed by atoms with Crippen LogP contribution >= 0.6 is 0 Å². The van der Waals surface area contributed by atoms with E-state index in [1.807, 2.05) is 19.9 Å². The Kier molecular flexibility index (Phi) is 7.20. The third-order valence-electron chi connectivity index (χ3n) is 6.68. The van der Waals surface area contributed by atoms with E-state index in [-0.39, 0.29) is 29.5 Å². The molecule has 3 heterocycles. The van der Waals surface area contributed by atoms with E-state index in [4.69, 9.17) is 4.74 Å². The number of pyridine rings is 1. The van der Waals surface area contributed by atoms with Gasteiger partial charge in [0, 0.05) is 30.8 Å². The lowest BCUT2D eigenvalue weighted by Gasteiger charge is -2.29. The van der Waals surface area contributed by atoms with Crippen molar-refractivity contribution in [2.45, 2.75) is 77.0 Å². The van der Waals surface area contributed by atoms with Gasteiger partial charge < -0.3 is 20.7 Å². The van der Waals surface area contributed by atoms with Gasteiger partial charge in [-0.3, -0.25) is 14.6 Å². The Morgan fingerprint density at radius 1 is 1.08 bits per heavy atom. The average Bonchev–Trinajstić information content (AvgIpc) is 3.56. The highest BCUT2D eigenvalue weighted by atomic mass is 19.1. The lowest BCUT2D eigenvalue weighted by atomic mass is 9.84. The summed E-state index contributed by atoms with van der Waals surface area (Å²) in [5.41, 5.74) is 1.56. The highest BCUT2D eigenvalue weighted by Crippen LogP contribution is 2.32. The van der Waals surface area contributed by atoms with Crippen LogP contribution in [0.5, 0.6) is 0 Å². The molecule has 196 valence electrons. The summed E-state index contributed by atoms with van der Waals surface area (Å²) in [6, 6.07) is 3.90. The van der Waals surface area contributed by atoms with Crippen molar-refractivity contribution in [3.8, 4) is 0 Å². The molecule has 3 aromatic rings. The van der Waals surface area contributed by atoms with Gasteiger partial charge in [0.15, 0.2) is 17.2 Å². The predicted molar refractivity (Wildman–Crippen MR) is 137 cm³/mol. The standard InChI is InChI=1S/C26H32FN7O3/c1-15(2)37-24(35)11-16-3-5-18(6-4-16)31-23-12-21(30-17-7-8-17)25-29-14-22(34(25)33-23)26(36)32-20-9-10-28-13-19(20)27/h9-10,12-18,30H,3-8,11H2,1-2H3,(H,31,33)(H,28,32,36). The van der Waals surface area contributed by atoms with E-state index in [2.05, 4.69) is 31.0 Å². The molecule has 5 rings (SSSR count). The Morgan fingerprint density at radius 2 is 1.81 bits per heavy atom. The summed E-state index contributed by atoms with van der Waals surface area (Å²) in [6.07, 6.45) is 10.1. The second kappa shape index (κ2) is 10.7. The fourth-order valence-electron chi connectivity index (χ4n) is 4.68. The molecule has 11 heteroatoms. The monoisotopic (exact) mass is 509 g/mol. The molecule has 2 aliphatic carbocycles. The number of carbonyl (C=O) groups excluding carboxylic acids is 2. The van der Waals surface area contributed by atoms with Crippen LogP contribution in [0.25, 0.3) is 5.65 Å². The number of halogens is 1. The maximum atomic E-state index is 14.0. The summed E-state index contributed by atoms with van der Waals surface area (Å²) in [7, 11) is 0. The van der Waals surface area contributed by atoms with Crippen LogP contribution in [0.2, 0.25) is 0 Å². The predicted octanol–water partition coefficient (Wildman–Crippen LogP) is 4.40. The van der Waals surface area contributed by atoms with Crippen molar-refractivity contribution >= 4 is 34.7 Å². The molecule has 3 aromatic heterocycles. The fourth-order valence-corrected chi connectivity index (χ4v) is 4.68. The van der Waals surface area contributed by atoms with Crippen molar-refractivity contribution in [2.75, 3.05) is 16.0 Å². The third-order valence-corrected chi connectivity index (χ3v) is 6.68. The molecule has 0 radical (unpaired) electrons. The zero-order valence-corrected chi connectivity index (χ0v) is 21.0. The normalized spacial score (nSPS) is 19.6. The number of esters is 1. The number of anilines is 3. The number of nitrogens with one attached hydrogen (secondary N) is 3. The van der Waals surface area contributed by atoms with E-state index >= 15 is 0 Å². The van der Waals surface area contributed by atoms with Gasteiger partial charge in [0.2, 0.25) is 0 Å². The number of ether oxygens (including phenoxy) is 1. The van der Waals surface area contributed by atoms with E-state index in [1.165, 1.54) is 23.0 Å². The number of amides is 1. The van der Waals surface area contributed by atoms with Gasteiger partial charge in [0.25, 0.3) is 5.91 Å². The van der Waals surface area contributed by atoms with Crippen LogP contribution in [0.3, 0.4) is 0 Å². The quantitative estimate of drug-likeness (QED) is 0.363. The number of rotatable bonds is 9. The van der Waals surface area contributed by atoms with Crippen LogP contribution in [0.15, 0.2) is 30.7 Å². The first-order valence-corrected chi connectivity index (χ1v) is 12.9. The molecule has 37 heavy (non-hydrogen) atoms. The zero-order chi connectivity index (χ0) is 25.9. The molecule has 0 aromatic carbocycles. The molecule has 0 atom stereocenters. The van der Waals surface area contributed by atoms with Crippen molar-refractivity contribution in [1.82, 2.24) is 19.6 Å². The van der Waals surface area contributed by atoms with E-state index in [1.54, 1.807) is 0 Å². The SMILES string of the molecule is CC(C)OC(=O)CC1CCC(Nc2cc(NC3CC3)c3ncc(C(=O)Nc4ccncc4F)n3n2)CC1. The smallest absolute Gasteiger partial charge is 0.306 e. The molecule has 2 fully saturated rings. The minimum atomic E-state index is -0.621. The van der Waals surface area contributed by atoms with Crippen LogP contribution in [-0.4, -0.2) is 49.6 Å². The average molecular weight is 510 g/mol. The number of imidazole rings is 1. The number of carbonyl (C=O) groups is 2. The van der Waals surface area contributed by atoms with E-state index in [9.17, 15) is 14.0 Å². The molecule has 0 unspecified atom stereocenters. The molecular weight excluding hydrogens is 477 g/mol. The minimum Gasteiger partial charge on any atom is -0.463 e. The first-order chi connectivity index (χ1) is 17.9. The molecule has 3 N–H and O–H groups in total. The number of aromatic nitrogens is 4. The molecule has 0 aliphatic heterocycles. The summed E-state index contributed by atoms with van der Waals surface area (Å²) in [5.74, 6) is -0.325. The summed E-state index contributed by atoms with van der Waals surface area (Å²) in [5, 5.41) is 14.2. The Bertz CT molecular complexity index is 1280. The topological polar surface area (TPSA) is 123 Å². The third kappa shape index (κ3) is 6.15. The summed E-state index contributed by atoms with van der Waals surface area (Å²) in [6.45, 7) is 3.73. The van der Waals surface area contributed by atoms with Crippen molar-refractivity contribution in [3.05, 3.63) is 42.2 Å². The van der Waals surface area contributed by atoms with Crippen LogP contribution in [-0.2, 0) is 9.53 Å². The maximum absolute atomic E-state index is 14.0. The van der Waals surface area contributed by atoms with E-state index in [0.29, 0.717) is 29.8 Å². The molecule has 0 saturated heterocycles. The van der Waals surface area contributed by atoms with Crippen molar-refractivity contribution in [1.29, 1.82) is 0 Å². The van der Waals surface area contributed by atoms with Gasteiger partial charge in [0.05, 0.1) is 29.9 Å². The van der Waals surface area contributed by atoms with E-state index < -0.39 is 11.7 Å². The molecule has 2 saturated carbocycles. The Balaban J connectivity index is 1.31. The number of hydrogen-bond donors (Lipinski definition) is 3. The van der Waals surface area contributed by atoms with Gasteiger partial charge in [-0.05, 0) is 64.4 Å². The molecular formula is C26H32FN7O3. The lowest BCUT2D eigenvalue weighted by molar-refractivity contribution is -0.148. The minimum absolute atomic E-state index is 0.0367. The highest BCUT2D eigenvalue weighted by molar-refractivity contribution is 6.03. The number of hydrogen-bond acceptors (Lipinski definition) is 8. The summed E-state index contributed by atoms with van der Waals surface area (Å²) >= 11 is 0. The summed E-state index contributed by atoms with van der Waals surface area (Å²) < 4.78 is 20.8. The Labute approximate surface area is 214 Å². The van der Waals surface area contributed by atoms with Gasteiger partial charge in [-0.25, -0.2) is 13.9 Å². The number of nitrogens with zero attached hydrogens (tertiary/aromatic N) is 4. The van der Waals surface area contributed by atoms with Crippen LogP contribution < -0.4 is 16.0 Å². The van der Waals surface area contributed by atoms with Crippen molar-refractivity contribution < 1.29 is 18.7 Å². The molecule has 0 bridgehead atoms. The Hall–Kier alpha value is -3.76. The molecule has 2 aliphatic rings. The van der Waals surface area contributed by atoms with Crippen LogP contribution in [0.1, 0.15) is 69.3 Å².